The quantitative estimate of drug-likeness (QED) is 0.242. The van der Waals surface area contributed by atoms with Gasteiger partial charge in [-0.25, -0.2) is 0 Å². The van der Waals surface area contributed by atoms with Crippen molar-refractivity contribution >= 4 is 46.7 Å². The Morgan fingerprint density at radius 2 is 1.76 bits per heavy atom. The highest BCUT2D eigenvalue weighted by atomic mass is 79.9. The lowest BCUT2D eigenvalue weighted by atomic mass is 9.81. The monoisotopic (exact) mass is 552 g/mol. The van der Waals surface area contributed by atoms with E-state index in [1.54, 1.807) is 18.2 Å². The zero-order valence-corrected chi connectivity index (χ0v) is 22.0. The predicted molar refractivity (Wildman–Crippen MR) is 132 cm³/mol. The highest BCUT2D eigenvalue weighted by molar-refractivity contribution is 9.10. The highest BCUT2D eigenvalue weighted by Gasteiger charge is 2.37. The molecule has 0 aliphatic carbocycles. The molecule has 0 heterocycles. The summed E-state index contributed by atoms with van der Waals surface area (Å²) in [4.78, 5) is 24.8. The van der Waals surface area contributed by atoms with Crippen LogP contribution >= 0.6 is 27.5 Å². The Balaban J connectivity index is 0.00000235. The summed E-state index contributed by atoms with van der Waals surface area (Å²) in [7, 11) is -1.95. The van der Waals surface area contributed by atoms with Crippen LogP contribution in [-0.2, 0) is 9.45 Å². The number of hydrogen-bond donors (Lipinski definition) is 6. The third-order valence-corrected chi connectivity index (χ3v) is 5.06. The molecule has 9 nitrogen and oxygen atoms in total. The summed E-state index contributed by atoms with van der Waals surface area (Å²) >= 11 is 9.32. The third kappa shape index (κ3) is 13.3. The zero-order chi connectivity index (χ0) is 25.8. The Morgan fingerprint density at radius 3 is 2.21 bits per heavy atom. The van der Waals surface area contributed by atoms with E-state index in [1.807, 2.05) is 34.6 Å². The minimum Gasteiger partial charge on any atom is -0.402 e. The number of halogens is 2. The molecule has 1 aromatic rings. The number of rotatable bonds is 10. The summed E-state index contributed by atoms with van der Waals surface area (Å²) in [6, 6.07) is 4.40. The number of carbonyl (C=O) groups excluding carboxylic acids is 2. The van der Waals surface area contributed by atoms with Gasteiger partial charge in [0.25, 0.3) is 5.91 Å². The second kappa shape index (κ2) is 15.7. The van der Waals surface area contributed by atoms with E-state index in [-0.39, 0.29) is 36.3 Å². The molecule has 0 radical (unpaired) electrons. The van der Waals surface area contributed by atoms with Gasteiger partial charge < -0.3 is 35.5 Å². The van der Waals surface area contributed by atoms with Crippen LogP contribution in [0.25, 0.3) is 0 Å². The smallest absolute Gasteiger partial charge is 0.402 e. The summed E-state index contributed by atoms with van der Waals surface area (Å²) in [5, 5.41) is 39.5. The molecule has 33 heavy (non-hydrogen) atoms. The van der Waals surface area contributed by atoms with Crippen LogP contribution in [0, 0.1) is 11.3 Å². The van der Waals surface area contributed by atoms with Crippen LogP contribution in [-0.4, -0.2) is 71.3 Å². The van der Waals surface area contributed by atoms with Gasteiger partial charge in [0.05, 0.1) is 42.5 Å². The molecule has 0 aliphatic rings. The van der Waals surface area contributed by atoms with Crippen molar-refractivity contribution < 1.29 is 34.5 Å². The van der Waals surface area contributed by atoms with E-state index in [9.17, 15) is 19.6 Å². The molecule has 0 bridgehead atoms. The van der Waals surface area contributed by atoms with Gasteiger partial charge in [-0.05, 0) is 36.0 Å². The Bertz CT molecular complexity index is 746. The molecule has 12 heteroatoms. The fourth-order valence-electron chi connectivity index (χ4n) is 2.98. The van der Waals surface area contributed by atoms with Crippen LogP contribution in [0.5, 0.6) is 0 Å². The average Bonchev–Trinajstić information content (AvgIpc) is 2.70. The molecule has 0 fully saturated rings. The maximum Gasteiger partial charge on any atom is 0.634 e. The van der Waals surface area contributed by atoms with Gasteiger partial charge in [0, 0.05) is 4.47 Å². The van der Waals surface area contributed by atoms with Crippen molar-refractivity contribution in [2.45, 2.75) is 53.2 Å². The number of carbonyl (C=O) groups is 2. The summed E-state index contributed by atoms with van der Waals surface area (Å²) in [5.41, 5.74) is -0.212. The summed E-state index contributed by atoms with van der Waals surface area (Å²) < 4.78 is 5.98. The number of nitrogens with one attached hydrogen (secondary N) is 2. The van der Waals surface area contributed by atoms with E-state index in [0.29, 0.717) is 10.9 Å². The molecule has 0 aromatic heterocycles. The van der Waals surface area contributed by atoms with Gasteiger partial charge >= 0.3 is 7.32 Å². The number of amides is 2. The van der Waals surface area contributed by atoms with Crippen LogP contribution in [0.4, 0.5) is 0 Å². The van der Waals surface area contributed by atoms with Crippen molar-refractivity contribution in [1.29, 1.82) is 0 Å². The van der Waals surface area contributed by atoms with E-state index in [4.69, 9.17) is 26.5 Å². The van der Waals surface area contributed by atoms with Crippen LogP contribution in [0.1, 0.15) is 51.4 Å². The summed E-state index contributed by atoms with van der Waals surface area (Å²) in [6.45, 7) is 9.13. The Morgan fingerprint density at radius 1 is 1.18 bits per heavy atom. The number of aliphatic hydroxyl groups excluding tert-OH is 2. The van der Waals surface area contributed by atoms with Crippen LogP contribution in [0.3, 0.4) is 0 Å². The number of hydrogen-bond acceptors (Lipinski definition) is 7. The van der Waals surface area contributed by atoms with Crippen LogP contribution in [0.2, 0.25) is 5.02 Å². The minimum atomic E-state index is -1.95. The summed E-state index contributed by atoms with van der Waals surface area (Å²) in [6.07, 6.45) is -0.0877. The van der Waals surface area contributed by atoms with Crippen molar-refractivity contribution in [3.63, 3.8) is 0 Å². The Labute approximate surface area is 209 Å². The molecule has 0 aliphatic heterocycles. The first-order chi connectivity index (χ1) is 15.2. The number of benzene rings is 1. The fraction of sp³-hybridized carbons (Fsp3) is 0.619. The predicted octanol–water partition coefficient (Wildman–Crippen LogP) is 1.73. The van der Waals surface area contributed by atoms with Gasteiger partial charge in [-0.2, -0.15) is 0 Å². The lowest BCUT2D eigenvalue weighted by Gasteiger charge is -2.38. The topological polar surface area (TPSA) is 148 Å². The van der Waals surface area contributed by atoms with E-state index in [2.05, 4.69) is 26.6 Å². The first-order valence-corrected chi connectivity index (χ1v) is 11.7. The first-order valence-electron chi connectivity index (χ1n) is 10.5. The maximum absolute atomic E-state index is 12.5. The van der Waals surface area contributed by atoms with Crippen molar-refractivity contribution in [3.8, 4) is 0 Å². The van der Waals surface area contributed by atoms with Gasteiger partial charge in [-0.3, -0.25) is 9.59 Å². The van der Waals surface area contributed by atoms with Gasteiger partial charge in [0.2, 0.25) is 5.91 Å². The van der Waals surface area contributed by atoms with E-state index < -0.39 is 36.7 Å². The molecular formula is C21H35BBrClN2O7. The van der Waals surface area contributed by atoms with Crippen LogP contribution < -0.4 is 10.6 Å². The summed E-state index contributed by atoms with van der Waals surface area (Å²) in [5.74, 6) is -0.665. The lowest BCUT2D eigenvalue weighted by molar-refractivity contribution is -0.122. The second-order valence-electron chi connectivity index (χ2n) is 8.81. The highest BCUT2D eigenvalue weighted by Crippen LogP contribution is 2.28. The SMILES string of the molecule is CC(C)C[C@@H](NC(=O)CNC(=O)c1cc(Br)ccc1Cl)C(OB(O)O)C(C)(C)C.OCCO. The number of aliphatic hydroxyl groups is 2. The van der Waals surface area contributed by atoms with Gasteiger partial charge in [0.15, 0.2) is 0 Å². The maximum atomic E-state index is 12.5. The molecule has 0 spiro atoms. The van der Waals surface area contributed by atoms with Crippen molar-refractivity contribution in [2.75, 3.05) is 19.8 Å². The third-order valence-electron chi connectivity index (χ3n) is 4.24. The van der Waals surface area contributed by atoms with Crippen LogP contribution in [0.15, 0.2) is 22.7 Å². The second-order valence-corrected chi connectivity index (χ2v) is 10.1. The zero-order valence-electron chi connectivity index (χ0n) is 19.6. The Hall–Kier alpha value is -1.21. The van der Waals surface area contributed by atoms with Gasteiger partial charge in [0.1, 0.15) is 0 Å². The molecule has 2 atom stereocenters. The molecule has 1 rings (SSSR count). The molecule has 2 amide bonds. The minimum absolute atomic E-state index is 0.125. The normalized spacial score (nSPS) is 13.0. The van der Waals surface area contributed by atoms with Crippen molar-refractivity contribution in [1.82, 2.24) is 10.6 Å². The molecule has 6 N–H and O–H groups in total. The Kier molecular flexibility index (Phi) is 15.1. The molecule has 0 saturated heterocycles. The van der Waals surface area contributed by atoms with Gasteiger partial charge in [-0.15, -0.1) is 0 Å². The lowest BCUT2D eigenvalue weighted by Crippen LogP contribution is -2.54. The van der Waals surface area contributed by atoms with Crippen molar-refractivity contribution in [3.05, 3.63) is 33.3 Å². The van der Waals surface area contributed by atoms with Gasteiger partial charge in [-0.1, -0.05) is 62.1 Å². The molecule has 0 saturated carbocycles. The van der Waals surface area contributed by atoms with E-state index in [0.717, 1.165) is 0 Å². The molecule has 1 unspecified atom stereocenters. The molecule has 188 valence electrons. The van der Waals surface area contributed by atoms with E-state index in [1.165, 1.54) is 0 Å². The first kappa shape index (κ1) is 31.8. The average molecular weight is 554 g/mol. The van der Waals surface area contributed by atoms with E-state index >= 15 is 0 Å². The standard InChI is InChI=1S/C19H29BBrClN2O5.C2H6O2/c1-11(2)8-15(17(19(3,4)5)29-20(27)28)24-16(25)10-23-18(26)13-9-12(21)6-7-14(13)22;3-1-2-4/h6-7,9,11,15,17,27-28H,8,10H2,1-5H3,(H,23,26)(H,24,25);3-4H,1-2H2/t15-,17?;/m1./s1. The fourth-order valence-corrected chi connectivity index (χ4v) is 3.55. The molecule has 1 aromatic carbocycles. The van der Waals surface area contributed by atoms with Crippen molar-refractivity contribution in [2.24, 2.45) is 11.3 Å². The largest absolute Gasteiger partial charge is 0.634 e. The molecular weight excluding hydrogens is 518 g/mol.